The molecule has 0 aliphatic carbocycles. The van der Waals surface area contributed by atoms with Gasteiger partial charge in [0, 0.05) is 33.9 Å². The first-order chi connectivity index (χ1) is 9.88. The molecule has 0 aliphatic rings. The first kappa shape index (κ1) is 15.4. The van der Waals surface area contributed by atoms with Crippen LogP contribution in [0.4, 0.5) is 21.6 Å². The number of nitrogens with zero attached hydrogens (tertiary/aromatic N) is 6. The van der Waals surface area contributed by atoms with Gasteiger partial charge in [-0.15, -0.1) is 4.68 Å². The molecule has 0 bridgehead atoms. The third kappa shape index (κ3) is 3.55. The molecule has 0 unspecified atom stereocenters. The molecule has 0 saturated carbocycles. The van der Waals surface area contributed by atoms with Crippen LogP contribution in [0.2, 0.25) is 0 Å². The molecular formula is C14H21N6S+. The maximum absolute atomic E-state index is 4.38. The number of rotatable bonds is 4. The van der Waals surface area contributed by atoms with Crippen LogP contribution < -0.4 is 14.5 Å². The molecule has 21 heavy (non-hydrogen) atoms. The van der Waals surface area contributed by atoms with Crippen molar-refractivity contribution in [1.82, 2.24) is 5.10 Å². The molecule has 1 aromatic carbocycles. The summed E-state index contributed by atoms with van der Waals surface area (Å²) in [7, 11) is 9.86. The van der Waals surface area contributed by atoms with Crippen LogP contribution in [0.5, 0.6) is 0 Å². The Kier molecular flexibility index (Phi) is 4.52. The van der Waals surface area contributed by atoms with Crippen LogP contribution in [0.15, 0.2) is 28.4 Å². The van der Waals surface area contributed by atoms with Crippen molar-refractivity contribution >= 4 is 33.0 Å². The third-order valence-corrected chi connectivity index (χ3v) is 4.15. The quantitative estimate of drug-likeness (QED) is 0.644. The van der Waals surface area contributed by atoms with Gasteiger partial charge in [0.1, 0.15) is 12.7 Å². The lowest BCUT2D eigenvalue weighted by Gasteiger charge is -2.14. The smallest absolute Gasteiger partial charge is 0.377 e. The maximum atomic E-state index is 4.38. The van der Waals surface area contributed by atoms with Gasteiger partial charge in [-0.25, -0.2) is 0 Å². The molecule has 0 saturated heterocycles. The summed E-state index contributed by atoms with van der Waals surface area (Å²) < 4.78 is 1.74. The lowest BCUT2D eigenvalue weighted by Crippen LogP contribution is -2.30. The number of hydrogen-bond donors (Lipinski definition) is 0. The van der Waals surface area contributed by atoms with E-state index in [1.165, 1.54) is 22.6 Å². The van der Waals surface area contributed by atoms with Gasteiger partial charge in [0.05, 0.1) is 5.11 Å². The van der Waals surface area contributed by atoms with E-state index < -0.39 is 0 Å². The molecule has 0 N–H and O–H groups in total. The van der Waals surface area contributed by atoms with Crippen LogP contribution in [-0.4, -0.2) is 33.3 Å². The Hall–Kier alpha value is -2.02. The summed E-state index contributed by atoms with van der Waals surface area (Å²) in [6.07, 6.45) is 0. The molecule has 0 atom stereocenters. The average Bonchev–Trinajstić information content (AvgIpc) is 2.77. The van der Waals surface area contributed by atoms with Crippen LogP contribution in [0, 0.1) is 6.92 Å². The number of aromatic nitrogens is 2. The van der Waals surface area contributed by atoms with E-state index in [-0.39, 0.29) is 0 Å². The average molecular weight is 305 g/mol. The Bertz CT molecular complexity index is 659. The number of azo groups is 1. The van der Waals surface area contributed by atoms with Gasteiger partial charge in [-0.1, -0.05) is 5.10 Å². The van der Waals surface area contributed by atoms with Crippen molar-refractivity contribution in [2.45, 2.75) is 6.92 Å². The summed E-state index contributed by atoms with van der Waals surface area (Å²) in [5.74, 6) is 0. The highest BCUT2D eigenvalue weighted by molar-refractivity contribution is 7.18. The fourth-order valence-electron chi connectivity index (χ4n) is 1.91. The van der Waals surface area contributed by atoms with Crippen LogP contribution in [-0.2, 0) is 7.05 Å². The summed E-state index contributed by atoms with van der Waals surface area (Å²) in [5, 5.41) is 14.7. The van der Waals surface area contributed by atoms with Crippen molar-refractivity contribution < 1.29 is 4.68 Å². The Labute approximate surface area is 129 Å². The van der Waals surface area contributed by atoms with Gasteiger partial charge in [0.25, 0.3) is 0 Å². The number of aryl methyl sites for hydroxylation is 2. The van der Waals surface area contributed by atoms with Crippen molar-refractivity contribution in [3.63, 3.8) is 0 Å². The summed E-state index contributed by atoms with van der Waals surface area (Å²) in [4.78, 5) is 4.04. The van der Waals surface area contributed by atoms with E-state index in [9.17, 15) is 0 Å². The van der Waals surface area contributed by atoms with E-state index in [0.717, 1.165) is 16.0 Å². The first-order valence-electron chi connectivity index (χ1n) is 6.62. The van der Waals surface area contributed by atoms with Gasteiger partial charge in [-0.2, -0.15) is 0 Å². The van der Waals surface area contributed by atoms with Gasteiger partial charge in [-0.3, -0.25) is 0 Å². The Balaban J connectivity index is 2.23. The van der Waals surface area contributed by atoms with E-state index in [1.54, 1.807) is 4.68 Å². The zero-order chi connectivity index (χ0) is 15.6. The van der Waals surface area contributed by atoms with Gasteiger partial charge in [-0.05, 0) is 47.1 Å². The van der Waals surface area contributed by atoms with Gasteiger partial charge in [0.2, 0.25) is 5.13 Å². The molecule has 7 heteroatoms. The van der Waals surface area contributed by atoms with Gasteiger partial charge < -0.3 is 9.80 Å². The molecule has 0 amide bonds. The van der Waals surface area contributed by atoms with Crippen molar-refractivity contribution in [3.05, 3.63) is 23.8 Å². The van der Waals surface area contributed by atoms with E-state index >= 15 is 0 Å². The van der Waals surface area contributed by atoms with Crippen LogP contribution in [0.25, 0.3) is 0 Å². The van der Waals surface area contributed by atoms with Crippen molar-refractivity contribution in [3.8, 4) is 0 Å². The Morgan fingerprint density at radius 3 is 2.33 bits per heavy atom. The van der Waals surface area contributed by atoms with Gasteiger partial charge >= 0.3 is 5.13 Å². The molecule has 0 spiro atoms. The second kappa shape index (κ2) is 6.17. The molecule has 0 fully saturated rings. The van der Waals surface area contributed by atoms with Crippen molar-refractivity contribution in [2.24, 2.45) is 17.3 Å². The van der Waals surface area contributed by atoms with E-state index in [1.807, 2.05) is 52.3 Å². The normalized spacial score (nSPS) is 11.1. The summed E-state index contributed by atoms with van der Waals surface area (Å²) in [5.41, 5.74) is 3.21. The van der Waals surface area contributed by atoms with E-state index in [4.69, 9.17) is 0 Å². The van der Waals surface area contributed by atoms with Crippen LogP contribution in [0.3, 0.4) is 0 Å². The highest BCUT2D eigenvalue weighted by Crippen LogP contribution is 2.27. The fourth-order valence-corrected chi connectivity index (χ4v) is 2.67. The van der Waals surface area contributed by atoms with Gasteiger partial charge in [0.15, 0.2) is 0 Å². The van der Waals surface area contributed by atoms with Crippen molar-refractivity contribution in [1.29, 1.82) is 0 Å². The summed E-state index contributed by atoms with van der Waals surface area (Å²) >= 11 is 1.51. The molecule has 0 aliphatic heterocycles. The van der Waals surface area contributed by atoms with E-state index in [0.29, 0.717) is 0 Å². The minimum atomic E-state index is 0.771. The monoisotopic (exact) mass is 305 g/mol. The second-order valence-corrected chi connectivity index (χ2v) is 6.18. The lowest BCUT2D eigenvalue weighted by atomic mass is 10.1. The van der Waals surface area contributed by atoms with E-state index in [2.05, 4.69) is 33.2 Å². The van der Waals surface area contributed by atoms with Crippen molar-refractivity contribution in [2.75, 3.05) is 38.0 Å². The SMILES string of the molecule is Cc1cc(N=Nc2sc(N(C)C)n[n+]2C)ccc1N(C)C. The largest absolute Gasteiger partial charge is 0.431 e. The summed E-state index contributed by atoms with van der Waals surface area (Å²) in [6, 6.07) is 6.06. The predicted octanol–water partition coefficient (Wildman–Crippen LogP) is 2.82. The number of hydrogen-bond acceptors (Lipinski definition) is 6. The number of benzene rings is 1. The Morgan fingerprint density at radius 1 is 1.10 bits per heavy atom. The third-order valence-electron chi connectivity index (χ3n) is 2.99. The second-order valence-electron chi connectivity index (χ2n) is 5.25. The lowest BCUT2D eigenvalue weighted by molar-refractivity contribution is -0.712. The highest BCUT2D eigenvalue weighted by atomic mass is 32.1. The predicted molar refractivity (Wildman–Crippen MR) is 87.3 cm³/mol. The highest BCUT2D eigenvalue weighted by Gasteiger charge is 2.16. The van der Waals surface area contributed by atoms with Crippen LogP contribution >= 0.6 is 11.3 Å². The number of anilines is 2. The maximum Gasteiger partial charge on any atom is 0.431 e. The van der Waals surface area contributed by atoms with Crippen LogP contribution in [0.1, 0.15) is 5.56 Å². The standard InChI is InChI=1S/C14H21N6S/c1-10-9-11(7-8-12(10)18(2)3)15-16-13-20(6)17-14(21-13)19(4)5/h7-9H,1-6H3/q+1. The molecule has 112 valence electrons. The molecule has 1 heterocycles. The minimum Gasteiger partial charge on any atom is -0.377 e. The molecule has 6 nitrogen and oxygen atoms in total. The molecule has 1 aromatic heterocycles. The molecule has 0 radical (unpaired) electrons. The minimum absolute atomic E-state index is 0.771. The topological polar surface area (TPSA) is 48.0 Å². The molecular weight excluding hydrogens is 284 g/mol. The molecule has 2 aromatic rings. The zero-order valence-corrected chi connectivity index (χ0v) is 14.1. The summed E-state index contributed by atoms with van der Waals surface area (Å²) in [6.45, 7) is 2.07. The Morgan fingerprint density at radius 2 is 1.81 bits per heavy atom. The first-order valence-corrected chi connectivity index (χ1v) is 7.44. The fraction of sp³-hybridized carbons (Fsp3) is 0.429. The molecule has 2 rings (SSSR count). The zero-order valence-electron chi connectivity index (χ0n) is 13.3.